The average molecular weight is 325 g/mol. The van der Waals surface area contributed by atoms with E-state index in [1.54, 1.807) is 6.20 Å². The lowest BCUT2D eigenvalue weighted by Crippen LogP contribution is -2.01. The van der Waals surface area contributed by atoms with Crippen LogP contribution in [0.4, 0.5) is 5.69 Å². The molecule has 0 saturated heterocycles. The summed E-state index contributed by atoms with van der Waals surface area (Å²) in [5.41, 5.74) is 3.67. The molecule has 0 bridgehead atoms. The van der Waals surface area contributed by atoms with Crippen molar-refractivity contribution in [2.24, 2.45) is 5.92 Å². The van der Waals surface area contributed by atoms with E-state index >= 15 is 0 Å². The Balaban J connectivity index is 1.80. The van der Waals surface area contributed by atoms with Gasteiger partial charge in [-0.1, -0.05) is 19.9 Å². The zero-order valence-corrected chi connectivity index (χ0v) is 14.2. The Morgan fingerprint density at radius 2 is 2.26 bits per heavy atom. The van der Waals surface area contributed by atoms with Crippen molar-refractivity contribution in [1.82, 2.24) is 14.5 Å². The third-order valence-electron chi connectivity index (χ3n) is 3.62. The maximum Gasteiger partial charge on any atom is 0.134 e. The molecule has 2 N–H and O–H groups in total. The Labute approximate surface area is 139 Å². The fourth-order valence-electron chi connectivity index (χ4n) is 2.61. The molecule has 1 aromatic carbocycles. The molecule has 0 spiro atoms. The summed E-state index contributed by atoms with van der Waals surface area (Å²) in [6, 6.07) is 6.28. The van der Waals surface area contributed by atoms with Gasteiger partial charge in [0.1, 0.15) is 11.1 Å². The number of rotatable bonds is 5. The number of hydrogen-bond donors (Lipinski definition) is 2. The van der Waals surface area contributed by atoms with Crippen LogP contribution in [0, 0.1) is 24.2 Å². The molecular weight excluding hydrogens is 306 g/mol. The van der Waals surface area contributed by atoms with E-state index in [0.29, 0.717) is 11.5 Å². The van der Waals surface area contributed by atoms with E-state index in [-0.39, 0.29) is 0 Å². The lowest BCUT2D eigenvalue weighted by molar-refractivity contribution is 0.522. The molecule has 3 aromatic rings. The van der Waals surface area contributed by atoms with Crippen LogP contribution in [0.25, 0.3) is 10.9 Å². The number of nitrogens with one attached hydrogen (secondary N) is 2. The van der Waals surface area contributed by atoms with Gasteiger partial charge in [0, 0.05) is 36.3 Å². The minimum atomic E-state index is 0.593. The van der Waals surface area contributed by atoms with Crippen LogP contribution < -0.4 is 4.72 Å². The zero-order chi connectivity index (χ0) is 16.4. The third-order valence-corrected chi connectivity index (χ3v) is 4.36. The van der Waals surface area contributed by atoms with Crippen LogP contribution in [-0.4, -0.2) is 14.5 Å². The second kappa shape index (κ2) is 6.39. The van der Waals surface area contributed by atoms with Gasteiger partial charge >= 0.3 is 0 Å². The number of benzene rings is 1. The van der Waals surface area contributed by atoms with Crippen molar-refractivity contribution in [3.05, 3.63) is 42.0 Å². The second-order valence-corrected chi connectivity index (χ2v) is 6.83. The first-order valence-corrected chi connectivity index (χ1v) is 8.35. The highest BCUT2D eigenvalue weighted by molar-refractivity contribution is 8.00. The number of aromatic nitrogens is 3. The first-order chi connectivity index (χ1) is 11.1. The first-order valence-electron chi connectivity index (χ1n) is 7.54. The van der Waals surface area contributed by atoms with Crippen molar-refractivity contribution < 1.29 is 0 Å². The SMILES string of the molecule is Cc1ccc(NSc2cn(CC(C)C)cn2)c2[nH]cc(C#N)c12. The van der Waals surface area contributed by atoms with Gasteiger partial charge in [0.15, 0.2) is 0 Å². The van der Waals surface area contributed by atoms with Crippen LogP contribution in [0.2, 0.25) is 0 Å². The Morgan fingerprint density at radius 3 is 3.00 bits per heavy atom. The Kier molecular flexibility index (Phi) is 4.30. The number of aromatic amines is 1. The second-order valence-electron chi connectivity index (χ2n) is 6.00. The molecule has 118 valence electrons. The zero-order valence-electron chi connectivity index (χ0n) is 13.4. The smallest absolute Gasteiger partial charge is 0.134 e. The molecule has 2 aromatic heterocycles. The fraction of sp³-hybridized carbons (Fsp3) is 0.294. The molecule has 0 fully saturated rings. The quantitative estimate of drug-likeness (QED) is 0.685. The molecule has 0 aliphatic rings. The summed E-state index contributed by atoms with van der Waals surface area (Å²) in [4.78, 5) is 7.60. The minimum Gasteiger partial charge on any atom is -0.358 e. The topological polar surface area (TPSA) is 69.4 Å². The van der Waals surface area contributed by atoms with E-state index in [4.69, 9.17) is 0 Å². The van der Waals surface area contributed by atoms with Crippen LogP contribution in [0.1, 0.15) is 25.0 Å². The van der Waals surface area contributed by atoms with Crippen molar-refractivity contribution in [2.75, 3.05) is 4.72 Å². The Morgan fingerprint density at radius 1 is 1.43 bits per heavy atom. The summed E-state index contributed by atoms with van der Waals surface area (Å²) in [6.07, 6.45) is 5.65. The van der Waals surface area contributed by atoms with Crippen LogP contribution in [-0.2, 0) is 6.54 Å². The van der Waals surface area contributed by atoms with Gasteiger partial charge in [-0.25, -0.2) is 4.98 Å². The number of hydrogen-bond acceptors (Lipinski definition) is 4. The van der Waals surface area contributed by atoms with E-state index in [9.17, 15) is 5.26 Å². The molecule has 0 atom stereocenters. The standard InChI is InChI=1S/C17H19N5S/c1-11(2)8-22-9-15(20-10-22)23-21-14-5-4-12(3)16-13(6-18)7-19-17(14)16/h4-5,7,9-11,19,21H,8H2,1-3H3. The molecule has 3 rings (SSSR count). The van der Waals surface area contributed by atoms with E-state index < -0.39 is 0 Å². The van der Waals surface area contributed by atoms with Crippen molar-refractivity contribution in [3.8, 4) is 6.07 Å². The predicted octanol–water partition coefficient (Wildman–Crippen LogP) is 4.32. The van der Waals surface area contributed by atoms with Crippen molar-refractivity contribution in [3.63, 3.8) is 0 Å². The van der Waals surface area contributed by atoms with E-state index in [0.717, 1.165) is 33.7 Å². The molecule has 0 amide bonds. The molecule has 6 heteroatoms. The van der Waals surface area contributed by atoms with Gasteiger partial charge in [0.05, 0.1) is 23.1 Å². The van der Waals surface area contributed by atoms with Crippen molar-refractivity contribution >= 4 is 28.5 Å². The lowest BCUT2D eigenvalue weighted by Gasteiger charge is -2.07. The van der Waals surface area contributed by atoms with E-state index in [1.165, 1.54) is 11.9 Å². The summed E-state index contributed by atoms with van der Waals surface area (Å²) in [7, 11) is 0. The average Bonchev–Trinajstić information content (AvgIpc) is 3.13. The number of imidazole rings is 1. The molecule has 0 unspecified atom stereocenters. The number of nitriles is 1. The summed E-state index contributed by atoms with van der Waals surface area (Å²) >= 11 is 1.47. The molecule has 0 radical (unpaired) electrons. The van der Waals surface area contributed by atoms with E-state index in [1.807, 2.05) is 31.6 Å². The van der Waals surface area contributed by atoms with Gasteiger partial charge in [0.25, 0.3) is 0 Å². The lowest BCUT2D eigenvalue weighted by atomic mass is 10.1. The Hall–Kier alpha value is -2.39. The summed E-state index contributed by atoms with van der Waals surface area (Å²) in [6.45, 7) is 7.35. The highest BCUT2D eigenvalue weighted by Gasteiger charge is 2.11. The molecular formula is C17H19N5S. The van der Waals surface area contributed by atoms with Crippen molar-refractivity contribution in [2.45, 2.75) is 32.3 Å². The summed E-state index contributed by atoms with van der Waals surface area (Å²) < 4.78 is 5.43. The maximum atomic E-state index is 9.21. The van der Waals surface area contributed by atoms with Gasteiger partial charge in [0.2, 0.25) is 0 Å². The number of aryl methyl sites for hydroxylation is 1. The van der Waals surface area contributed by atoms with Gasteiger partial charge in [-0.3, -0.25) is 0 Å². The van der Waals surface area contributed by atoms with Gasteiger partial charge < -0.3 is 14.3 Å². The van der Waals surface area contributed by atoms with Crippen LogP contribution >= 0.6 is 11.9 Å². The monoisotopic (exact) mass is 325 g/mol. The molecule has 0 saturated carbocycles. The van der Waals surface area contributed by atoms with Gasteiger partial charge in [-0.2, -0.15) is 5.26 Å². The molecule has 23 heavy (non-hydrogen) atoms. The molecule has 0 aliphatic heterocycles. The molecule has 5 nitrogen and oxygen atoms in total. The van der Waals surface area contributed by atoms with Gasteiger partial charge in [-0.15, -0.1) is 0 Å². The largest absolute Gasteiger partial charge is 0.358 e. The minimum absolute atomic E-state index is 0.593. The van der Waals surface area contributed by atoms with Gasteiger partial charge in [-0.05, 0) is 24.5 Å². The molecule has 0 aliphatic carbocycles. The highest BCUT2D eigenvalue weighted by atomic mass is 32.2. The maximum absolute atomic E-state index is 9.21. The summed E-state index contributed by atoms with van der Waals surface area (Å²) in [5.74, 6) is 0.593. The first kappa shape index (κ1) is 15.5. The molecule has 2 heterocycles. The van der Waals surface area contributed by atoms with Crippen LogP contribution in [0.5, 0.6) is 0 Å². The normalized spacial score (nSPS) is 11.1. The van der Waals surface area contributed by atoms with Crippen LogP contribution in [0.15, 0.2) is 35.9 Å². The number of H-pyrrole nitrogens is 1. The number of fused-ring (bicyclic) bond motifs is 1. The Bertz CT molecular complexity index is 869. The number of nitrogens with zero attached hydrogens (tertiary/aromatic N) is 3. The van der Waals surface area contributed by atoms with Crippen LogP contribution in [0.3, 0.4) is 0 Å². The predicted molar refractivity (Wildman–Crippen MR) is 94.3 cm³/mol. The highest BCUT2D eigenvalue weighted by Crippen LogP contribution is 2.31. The van der Waals surface area contributed by atoms with E-state index in [2.05, 4.69) is 39.2 Å². The summed E-state index contributed by atoms with van der Waals surface area (Å²) in [5, 5.41) is 11.1. The number of anilines is 1. The third kappa shape index (κ3) is 3.20. The van der Waals surface area contributed by atoms with Crippen molar-refractivity contribution in [1.29, 1.82) is 5.26 Å². The fourth-order valence-corrected chi connectivity index (χ4v) is 3.29.